The first-order valence-electron chi connectivity index (χ1n) is 3.87. The highest BCUT2D eigenvalue weighted by molar-refractivity contribution is 14.1. The summed E-state index contributed by atoms with van der Waals surface area (Å²) < 4.78 is 25.8. The first-order valence-corrected chi connectivity index (χ1v) is 4.94. The second-order valence-electron chi connectivity index (χ2n) is 2.75. The van der Waals surface area contributed by atoms with Gasteiger partial charge in [0, 0.05) is 9.77 Å². The number of hydrogen-bond donors (Lipinski definition) is 0. The number of pyridine rings is 1. The molecule has 0 amide bonds. The minimum atomic E-state index is -2.57. The molecule has 0 aliphatic carbocycles. The summed E-state index contributed by atoms with van der Waals surface area (Å²) in [6, 6.07) is 1.83. The fourth-order valence-electron chi connectivity index (χ4n) is 1.08. The van der Waals surface area contributed by atoms with Gasteiger partial charge in [-0.05, 0) is 35.1 Å². The molecule has 0 N–H and O–H groups in total. The van der Waals surface area contributed by atoms with E-state index < -0.39 is 6.43 Å². The molecule has 0 fully saturated rings. The van der Waals surface area contributed by atoms with Gasteiger partial charge in [0.05, 0.1) is 23.7 Å². The minimum Gasteiger partial charge on any atom is -0.259 e. The lowest BCUT2D eigenvalue weighted by Crippen LogP contribution is -2.02. The molecule has 14 heavy (non-hydrogen) atoms. The molecule has 0 spiro atoms. The van der Waals surface area contributed by atoms with Crippen molar-refractivity contribution in [3.63, 3.8) is 0 Å². The third kappa shape index (κ3) is 2.18. The van der Waals surface area contributed by atoms with Gasteiger partial charge in [-0.25, -0.2) is 8.78 Å². The first-order chi connectivity index (χ1) is 6.57. The summed E-state index contributed by atoms with van der Waals surface area (Å²) >= 11 is 1.86. The predicted octanol–water partition coefficient (Wildman–Crippen LogP) is 3.00. The molecule has 2 nitrogen and oxygen atoms in total. The van der Waals surface area contributed by atoms with Gasteiger partial charge in [0.15, 0.2) is 0 Å². The third-order valence-electron chi connectivity index (χ3n) is 1.77. The maximum absolute atomic E-state index is 12.6. The molecule has 1 aromatic heterocycles. The van der Waals surface area contributed by atoms with Crippen molar-refractivity contribution in [2.24, 2.45) is 0 Å². The molecule has 0 atom stereocenters. The lowest BCUT2D eigenvalue weighted by Gasteiger charge is -2.09. The molecular formula is C9H7F2IN2. The largest absolute Gasteiger partial charge is 0.266 e. The Bertz CT molecular complexity index is 385. The average Bonchev–Trinajstić information content (AvgIpc) is 2.11. The summed E-state index contributed by atoms with van der Waals surface area (Å²) in [6.07, 6.45) is -1.13. The predicted molar refractivity (Wildman–Crippen MR) is 56.0 cm³/mol. The zero-order valence-electron chi connectivity index (χ0n) is 7.39. The van der Waals surface area contributed by atoms with Gasteiger partial charge in [-0.1, -0.05) is 0 Å². The van der Waals surface area contributed by atoms with E-state index in [1.807, 2.05) is 28.7 Å². The van der Waals surface area contributed by atoms with E-state index in [1.54, 1.807) is 6.92 Å². The van der Waals surface area contributed by atoms with E-state index in [0.717, 1.165) is 0 Å². The Hall–Kier alpha value is -0.770. The Balaban J connectivity index is 3.31. The lowest BCUT2D eigenvalue weighted by molar-refractivity contribution is 0.148. The molecule has 0 bridgehead atoms. The van der Waals surface area contributed by atoms with E-state index in [4.69, 9.17) is 5.26 Å². The molecule has 0 radical (unpaired) electrons. The number of nitrogens with zero attached hydrogens (tertiary/aromatic N) is 2. The fraction of sp³-hybridized carbons (Fsp3) is 0.333. The molecule has 1 aromatic rings. The average molecular weight is 308 g/mol. The van der Waals surface area contributed by atoms with Gasteiger partial charge in [0.2, 0.25) is 0 Å². The summed E-state index contributed by atoms with van der Waals surface area (Å²) in [7, 11) is 0. The highest BCUT2D eigenvalue weighted by atomic mass is 127. The van der Waals surface area contributed by atoms with Crippen molar-refractivity contribution in [2.75, 3.05) is 0 Å². The second-order valence-corrected chi connectivity index (χ2v) is 3.83. The molecule has 0 aromatic carbocycles. The number of rotatable bonds is 2. The molecule has 0 saturated carbocycles. The van der Waals surface area contributed by atoms with E-state index in [9.17, 15) is 8.78 Å². The topological polar surface area (TPSA) is 36.7 Å². The highest BCUT2D eigenvalue weighted by Crippen LogP contribution is 2.28. The van der Waals surface area contributed by atoms with Crippen molar-refractivity contribution in [3.05, 3.63) is 26.6 Å². The van der Waals surface area contributed by atoms with Crippen molar-refractivity contribution in [1.82, 2.24) is 4.98 Å². The Labute approximate surface area is 94.1 Å². The van der Waals surface area contributed by atoms with E-state index in [-0.39, 0.29) is 17.7 Å². The standard InChI is InChI=1S/C9H7F2IN2/c1-5-4-14-6(2-3-13)7(8(5)12)9(10)11/h4,9H,2H2,1H3. The van der Waals surface area contributed by atoms with Crippen LogP contribution in [0.1, 0.15) is 23.2 Å². The van der Waals surface area contributed by atoms with Gasteiger partial charge in [0.25, 0.3) is 6.43 Å². The normalized spacial score (nSPS) is 10.3. The Kier molecular flexibility index (Phi) is 3.75. The first kappa shape index (κ1) is 11.3. The van der Waals surface area contributed by atoms with Gasteiger partial charge < -0.3 is 0 Å². The van der Waals surface area contributed by atoms with Crippen LogP contribution >= 0.6 is 22.6 Å². The van der Waals surface area contributed by atoms with E-state index >= 15 is 0 Å². The van der Waals surface area contributed by atoms with Crippen LogP contribution in [-0.2, 0) is 6.42 Å². The van der Waals surface area contributed by atoms with Crippen LogP contribution in [-0.4, -0.2) is 4.98 Å². The zero-order valence-corrected chi connectivity index (χ0v) is 9.55. The number of halogens is 3. The number of nitriles is 1. The summed E-state index contributed by atoms with van der Waals surface area (Å²) in [4.78, 5) is 3.84. The van der Waals surface area contributed by atoms with Gasteiger partial charge in [-0.3, -0.25) is 4.98 Å². The summed E-state index contributed by atoms with van der Waals surface area (Å²) in [5.74, 6) is 0. The Morgan fingerprint density at radius 3 is 2.79 bits per heavy atom. The second kappa shape index (κ2) is 4.64. The van der Waals surface area contributed by atoms with Crippen LogP contribution in [0.25, 0.3) is 0 Å². The molecule has 0 unspecified atom stereocenters. The van der Waals surface area contributed by atoms with Gasteiger partial charge in [-0.15, -0.1) is 0 Å². The Morgan fingerprint density at radius 1 is 1.64 bits per heavy atom. The summed E-state index contributed by atoms with van der Waals surface area (Å²) in [6.45, 7) is 1.72. The van der Waals surface area contributed by atoms with Crippen molar-refractivity contribution in [2.45, 2.75) is 19.8 Å². The van der Waals surface area contributed by atoms with E-state index in [0.29, 0.717) is 9.13 Å². The van der Waals surface area contributed by atoms with Crippen molar-refractivity contribution >= 4 is 22.6 Å². The molecular weight excluding hydrogens is 301 g/mol. The van der Waals surface area contributed by atoms with E-state index in [2.05, 4.69) is 4.98 Å². The van der Waals surface area contributed by atoms with Gasteiger partial charge >= 0.3 is 0 Å². The fourth-order valence-corrected chi connectivity index (χ4v) is 1.76. The smallest absolute Gasteiger partial charge is 0.259 e. The Morgan fingerprint density at radius 2 is 2.29 bits per heavy atom. The van der Waals surface area contributed by atoms with Crippen molar-refractivity contribution in [3.8, 4) is 6.07 Å². The SMILES string of the molecule is Cc1cnc(CC#N)c(C(F)F)c1I. The van der Waals surface area contributed by atoms with Gasteiger partial charge in [-0.2, -0.15) is 5.26 Å². The van der Waals surface area contributed by atoms with E-state index in [1.165, 1.54) is 6.20 Å². The quantitative estimate of drug-likeness (QED) is 0.788. The highest BCUT2D eigenvalue weighted by Gasteiger charge is 2.19. The third-order valence-corrected chi connectivity index (χ3v) is 3.20. The lowest BCUT2D eigenvalue weighted by atomic mass is 10.1. The molecule has 0 saturated heterocycles. The summed E-state index contributed by atoms with van der Waals surface area (Å²) in [5, 5.41) is 8.45. The van der Waals surface area contributed by atoms with Crippen LogP contribution in [0.2, 0.25) is 0 Å². The van der Waals surface area contributed by atoms with Crippen LogP contribution in [0, 0.1) is 21.8 Å². The van der Waals surface area contributed by atoms with Crippen LogP contribution in [0.15, 0.2) is 6.20 Å². The van der Waals surface area contributed by atoms with Crippen molar-refractivity contribution < 1.29 is 8.78 Å². The van der Waals surface area contributed by atoms with Crippen LogP contribution in [0.5, 0.6) is 0 Å². The van der Waals surface area contributed by atoms with Crippen LogP contribution < -0.4 is 0 Å². The van der Waals surface area contributed by atoms with Crippen LogP contribution in [0.3, 0.4) is 0 Å². The summed E-state index contributed by atoms with van der Waals surface area (Å²) in [5.41, 5.74) is 0.784. The van der Waals surface area contributed by atoms with Crippen LogP contribution in [0.4, 0.5) is 8.78 Å². The molecule has 5 heteroatoms. The molecule has 1 heterocycles. The molecule has 0 aliphatic heterocycles. The molecule has 1 rings (SSSR count). The molecule has 74 valence electrons. The zero-order chi connectivity index (χ0) is 10.7. The number of hydrogen-bond acceptors (Lipinski definition) is 2. The maximum Gasteiger partial charge on any atom is 0.266 e. The minimum absolute atomic E-state index is 0.0735. The van der Waals surface area contributed by atoms with Gasteiger partial charge in [0.1, 0.15) is 0 Å². The maximum atomic E-state index is 12.6. The number of aryl methyl sites for hydroxylation is 1. The monoisotopic (exact) mass is 308 g/mol. The van der Waals surface area contributed by atoms with Crippen molar-refractivity contribution in [1.29, 1.82) is 5.26 Å². The molecule has 0 aliphatic rings. The number of alkyl halides is 2. The number of aromatic nitrogens is 1.